The summed E-state index contributed by atoms with van der Waals surface area (Å²) in [5.41, 5.74) is 0.373. The second-order valence-corrected chi connectivity index (χ2v) is 7.75. The Labute approximate surface area is 174 Å². The third-order valence-electron chi connectivity index (χ3n) is 6.11. The van der Waals surface area contributed by atoms with Crippen molar-refractivity contribution in [3.05, 3.63) is 71.3 Å². The van der Waals surface area contributed by atoms with Gasteiger partial charge in [-0.15, -0.1) is 12.4 Å². The minimum absolute atomic E-state index is 0. The van der Waals surface area contributed by atoms with Gasteiger partial charge in [0.1, 0.15) is 0 Å². The van der Waals surface area contributed by atoms with Gasteiger partial charge in [-0.05, 0) is 43.1 Å². The quantitative estimate of drug-likeness (QED) is 0.779. The molecule has 0 radical (unpaired) electrons. The van der Waals surface area contributed by atoms with Crippen molar-refractivity contribution in [2.45, 2.75) is 31.5 Å². The van der Waals surface area contributed by atoms with Gasteiger partial charge in [-0.2, -0.15) is 13.2 Å². The van der Waals surface area contributed by atoms with Gasteiger partial charge in [0.25, 0.3) is 0 Å². The Kier molecular flexibility index (Phi) is 6.24. The van der Waals surface area contributed by atoms with Gasteiger partial charge in [-0.3, -0.25) is 4.79 Å². The van der Waals surface area contributed by atoms with E-state index < -0.39 is 17.2 Å². The van der Waals surface area contributed by atoms with E-state index in [9.17, 15) is 18.0 Å². The topological polar surface area (TPSA) is 32.3 Å². The van der Waals surface area contributed by atoms with Gasteiger partial charge in [-0.25, -0.2) is 0 Å². The third kappa shape index (κ3) is 4.14. The van der Waals surface area contributed by atoms with E-state index in [1.54, 1.807) is 6.07 Å². The predicted octanol–water partition coefficient (Wildman–Crippen LogP) is 4.62. The van der Waals surface area contributed by atoms with Crippen molar-refractivity contribution in [2.24, 2.45) is 5.41 Å². The Hall–Kier alpha value is -2.05. The first kappa shape index (κ1) is 21.7. The maximum Gasteiger partial charge on any atom is 0.416 e. The molecule has 1 spiro atoms. The van der Waals surface area contributed by atoms with Gasteiger partial charge in [0.05, 0.1) is 11.0 Å². The Bertz CT molecular complexity index is 851. The van der Waals surface area contributed by atoms with Crippen molar-refractivity contribution >= 4 is 18.3 Å². The van der Waals surface area contributed by atoms with E-state index in [4.69, 9.17) is 0 Å². The molecule has 2 aliphatic rings. The van der Waals surface area contributed by atoms with Crippen LogP contribution in [0.1, 0.15) is 35.4 Å². The zero-order chi connectivity index (χ0) is 19.8. The van der Waals surface area contributed by atoms with Gasteiger partial charge in [0, 0.05) is 19.0 Å². The number of amides is 1. The molecular formula is C22H24ClF3N2O. The van der Waals surface area contributed by atoms with Crippen LogP contribution in [0.3, 0.4) is 0 Å². The highest BCUT2D eigenvalue weighted by Gasteiger charge is 2.54. The predicted molar refractivity (Wildman–Crippen MR) is 108 cm³/mol. The van der Waals surface area contributed by atoms with Crippen molar-refractivity contribution in [2.75, 3.05) is 19.6 Å². The van der Waals surface area contributed by atoms with Gasteiger partial charge in [0.2, 0.25) is 5.91 Å². The molecule has 2 aromatic rings. The van der Waals surface area contributed by atoms with Crippen LogP contribution in [-0.4, -0.2) is 30.4 Å². The number of carbonyl (C=O) groups excluding carboxylic acids is 1. The molecule has 2 aromatic carbocycles. The normalized spacial score (nSPS) is 21.3. The number of carbonyl (C=O) groups is 1. The summed E-state index contributed by atoms with van der Waals surface area (Å²) in [6.45, 7) is 2.36. The summed E-state index contributed by atoms with van der Waals surface area (Å²) >= 11 is 0. The molecule has 1 atom stereocenters. The molecule has 1 amide bonds. The highest BCUT2D eigenvalue weighted by Crippen LogP contribution is 2.50. The van der Waals surface area contributed by atoms with Crippen molar-refractivity contribution < 1.29 is 18.0 Å². The average Bonchev–Trinajstić information content (AvgIpc) is 2.95. The first-order valence-corrected chi connectivity index (χ1v) is 9.61. The monoisotopic (exact) mass is 424 g/mol. The highest BCUT2D eigenvalue weighted by atomic mass is 35.5. The van der Waals surface area contributed by atoms with Crippen LogP contribution >= 0.6 is 12.4 Å². The number of piperidine rings is 1. The van der Waals surface area contributed by atoms with Crippen molar-refractivity contribution in [1.29, 1.82) is 0 Å². The fourth-order valence-corrected chi connectivity index (χ4v) is 4.67. The molecular weight excluding hydrogens is 401 g/mol. The molecule has 2 fully saturated rings. The maximum atomic E-state index is 13.4. The summed E-state index contributed by atoms with van der Waals surface area (Å²) in [5.74, 6) is -0.159. The van der Waals surface area contributed by atoms with Gasteiger partial charge < -0.3 is 10.2 Å². The van der Waals surface area contributed by atoms with Gasteiger partial charge in [0.15, 0.2) is 0 Å². The first-order chi connectivity index (χ1) is 13.4. The summed E-state index contributed by atoms with van der Waals surface area (Å²) in [5, 5.41) is 3.28. The lowest BCUT2D eigenvalue weighted by atomic mass is 9.68. The maximum absolute atomic E-state index is 13.4. The molecule has 2 heterocycles. The first-order valence-electron chi connectivity index (χ1n) is 9.61. The van der Waals surface area contributed by atoms with E-state index in [-0.39, 0.29) is 24.2 Å². The summed E-state index contributed by atoms with van der Waals surface area (Å²) < 4.78 is 39.7. The Balaban J connectivity index is 0.00000240. The van der Waals surface area contributed by atoms with Crippen LogP contribution in [-0.2, 0) is 17.5 Å². The van der Waals surface area contributed by atoms with Crippen LogP contribution in [0.15, 0.2) is 54.6 Å². The van der Waals surface area contributed by atoms with E-state index >= 15 is 0 Å². The van der Waals surface area contributed by atoms with Crippen LogP contribution in [0.4, 0.5) is 13.2 Å². The Morgan fingerprint density at radius 2 is 1.72 bits per heavy atom. The zero-order valence-electron chi connectivity index (χ0n) is 15.9. The van der Waals surface area contributed by atoms with Crippen LogP contribution in [0.2, 0.25) is 0 Å². The summed E-state index contributed by atoms with van der Waals surface area (Å²) in [6, 6.07) is 15.3. The molecule has 29 heavy (non-hydrogen) atoms. The van der Waals surface area contributed by atoms with E-state index in [1.165, 1.54) is 12.1 Å². The number of rotatable bonds is 3. The summed E-state index contributed by atoms with van der Waals surface area (Å²) in [7, 11) is 0. The lowest BCUT2D eigenvalue weighted by Gasteiger charge is -2.37. The second-order valence-electron chi connectivity index (χ2n) is 7.75. The lowest BCUT2D eigenvalue weighted by molar-refractivity contribution is -0.138. The number of halogens is 4. The van der Waals surface area contributed by atoms with E-state index in [1.807, 2.05) is 35.2 Å². The number of likely N-dealkylation sites (tertiary alicyclic amines) is 1. The molecule has 1 N–H and O–H groups in total. The number of alkyl halides is 3. The second kappa shape index (κ2) is 8.36. The number of nitrogens with zero attached hydrogens (tertiary/aromatic N) is 1. The minimum Gasteiger partial charge on any atom is -0.337 e. The fraction of sp³-hybridized carbons (Fsp3) is 0.409. The molecule has 0 aliphatic carbocycles. The zero-order valence-corrected chi connectivity index (χ0v) is 16.7. The fourth-order valence-electron chi connectivity index (χ4n) is 4.67. The molecule has 156 valence electrons. The van der Waals surface area contributed by atoms with Crippen LogP contribution < -0.4 is 5.32 Å². The number of benzene rings is 2. The Morgan fingerprint density at radius 1 is 1.03 bits per heavy atom. The smallest absolute Gasteiger partial charge is 0.337 e. The largest absolute Gasteiger partial charge is 0.416 e. The molecule has 3 nitrogen and oxygen atoms in total. The van der Waals surface area contributed by atoms with Crippen LogP contribution in [0.25, 0.3) is 0 Å². The average molecular weight is 425 g/mol. The molecule has 1 unspecified atom stereocenters. The van der Waals surface area contributed by atoms with Crippen molar-refractivity contribution in [3.63, 3.8) is 0 Å². The minimum atomic E-state index is -4.39. The summed E-state index contributed by atoms with van der Waals surface area (Å²) in [6.07, 6.45) is -3.08. The number of nitrogens with one attached hydrogen (secondary N) is 1. The standard InChI is InChI=1S/C22H23F3N2O.ClH/c23-22(24,25)18-8-4-7-17(13-18)19-15-27(14-16-5-2-1-3-6-16)20(28)21(19)9-11-26-12-10-21;/h1-8,13,19,26H,9-12,14-15H2;1H. The third-order valence-corrected chi connectivity index (χ3v) is 6.11. The SMILES string of the molecule is Cl.O=C1N(Cc2ccccc2)CC(c2cccc(C(F)(F)F)c2)C12CCNCC2. The van der Waals surface area contributed by atoms with E-state index in [0.717, 1.165) is 11.6 Å². The molecule has 0 aromatic heterocycles. The van der Waals surface area contributed by atoms with Crippen molar-refractivity contribution in [1.82, 2.24) is 10.2 Å². The van der Waals surface area contributed by atoms with E-state index in [2.05, 4.69) is 5.32 Å². The van der Waals surface area contributed by atoms with E-state index in [0.29, 0.717) is 44.6 Å². The Morgan fingerprint density at radius 3 is 2.38 bits per heavy atom. The lowest BCUT2D eigenvalue weighted by Crippen LogP contribution is -2.44. The highest BCUT2D eigenvalue weighted by molar-refractivity contribution is 5.87. The molecule has 7 heteroatoms. The molecule has 2 aliphatic heterocycles. The molecule has 2 saturated heterocycles. The summed E-state index contributed by atoms with van der Waals surface area (Å²) in [4.78, 5) is 15.3. The van der Waals surface area contributed by atoms with Gasteiger partial charge in [-0.1, -0.05) is 48.5 Å². The number of hydrogen-bond donors (Lipinski definition) is 1. The van der Waals surface area contributed by atoms with Crippen molar-refractivity contribution in [3.8, 4) is 0 Å². The molecule has 0 saturated carbocycles. The molecule has 0 bridgehead atoms. The van der Waals surface area contributed by atoms with Gasteiger partial charge >= 0.3 is 6.18 Å². The van der Waals surface area contributed by atoms with Crippen LogP contribution in [0, 0.1) is 5.41 Å². The molecule has 4 rings (SSSR count). The number of hydrogen-bond acceptors (Lipinski definition) is 2. The van der Waals surface area contributed by atoms with Crippen LogP contribution in [0.5, 0.6) is 0 Å².